The molecule has 2 aromatic carbocycles. The first-order valence-corrected chi connectivity index (χ1v) is 11.3. The predicted octanol–water partition coefficient (Wildman–Crippen LogP) is 5.52. The second-order valence-corrected chi connectivity index (χ2v) is 8.25. The Bertz CT molecular complexity index is 841. The summed E-state index contributed by atoms with van der Waals surface area (Å²) in [4.78, 5) is 22.8. The van der Waals surface area contributed by atoms with Gasteiger partial charge in [-0.25, -0.2) is 0 Å². The van der Waals surface area contributed by atoms with Gasteiger partial charge in [0, 0.05) is 24.1 Å². The minimum absolute atomic E-state index is 0.155. The number of Topliss-reactive ketones (excluding diaryl/α,β-unsaturated/α-hetero) is 1. The maximum atomic E-state index is 12.3. The predicted molar refractivity (Wildman–Crippen MR) is 122 cm³/mol. The van der Waals surface area contributed by atoms with Crippen LogP contribution in [0.3, 0.4) is 0 Å². The zero-order valence-corrected chi connectivity index (χ0v) is 18.2. The first kappa shape index (κ1) is 22.9. The van der Waals surface area contributed by atoms with Crippen molar-refractivity contribution in [1.82, 2.24) is 5.32 Å². The molecule has 0 aliphatic heterocycles. The lowest BCUT2D eigenvalue weighted by molar-refractivity contribution is -0.384. The zero-order valence-electron chi connectivity index (χ0n) is 18.2. The molecule has 0 amide bonds. The fourth-order valence-electron chi connectivity index (χ4n) is 4.30. The number of non-ortho nitro benzene ring substituents is 1. The number of nitro benzene ring substituents is 1. The molecule has 0 unspecified atom stereocenters. The molecule has 6 heteroatoms. The molecular formula is C25H32N2O4. The summed E-state index contributed by atoms with van der Waals surface area (Å²) in [7, 11) is 0. The van der Waals surface area contributed by atoms with Crippen LogP contribution in [-0.4, -0.2) is 30.4 Å². The van der Waals surface area contributed by atoms with E-state index in [0.29, 0.717) is 24.9 Å². The molecule has 0 atom stereocenters. The summed E-state index contributed by atoms with van der Waals surface area (Å²) < 4.78 is 5.41. The molecule has 0 aromatic heterocycles. The smallest absolute Gasteiger partial charge is 0.269 e. The number of benzene rings is 2. The highest BCUT2D eigenvalue weighted by atomic mass is 16.6. The average Bonchev–Trinajstić information content (AvgIpc) is 2.80. The monoisotopic (exact) mass is 424 g/mol. The van der Waals surface area contributed by atoms with Crippen LogP contribution >= 0.6 is 0 Å². The SMILES string of the molecule is CCOc1ccc(C(=O)CCCNCC2CCC(c3ccc([N+](=O)[O-])cc3)CC2)cc1. The van der Waals surface area contributed by atoms with Gasteiger partial charge in [-0.1, -0.05) is 12.1 Å². The fraction of sp³-hybridized carbons (Fsp3) is 0.480. The van der Waals surface area contributed by atoms with E-state index in [1.807, 2.05) is 43.3 Å². The number of nitrogens with zero attached hydrogens (tertiary/aromatic N) is 1. The molecule has 0 spiro atoms. The summed E-state index contributed by atoms with van der Waals surface area (Å²) in [5, 5.41) is 14.3. The lowest BCUT2D eigenvalue weighted by atomic mass is 9.78. The van der Waals surface area contributed by atoms with Crippen LogP contribution in [0.15, 0.2) is 48.5 Å². The van der Waals surface area contributed by atoms with E-state index in [1.165, 1.54) is 18.4 Å². The molecule has 6 nitrogen and oxygen atoms in total. The Morgan fingerprint density at radius 3 is 2.35 bits per heavy atom. The highest BCUT2D eigenvalue weighted by Gasteiger charge is 2.22. The summed E-state index contributed by atoms with van der Waals surface area (Å²) in [5.41, 5.74) is 2.11. The largest absolute Gasteiger partial charge is 0.494 e. The van der Waals surface area contributed by atoms with Crippen molar-refractivity contribution < 1.29 is 14.5 Å². The van der Waals surface area contributed by atoms with Gasteiger partial charge in [0.15, 0.2) is 5.78 Å². The maximum Gasteiger partial charge on any atom is 0.269 e. The lowest BCUT2D eigenvalue weighted by Crippen LogP contribution is -2.27. The molecule has 0 saturated heterocycles. The Morgan fingerprint density at radius 2 is 1.74 bits per heavy atom. The number of ketones is 1. The van der Waals surface area contributed by atoms with Crippen LogP contribution in [0.25, 0.3) is 0 Å². The Hall–Kier alpha value is -2.73. The van der Waals surface area contributed by atoms with Gasteiger partial charge in [-0.2, -0.15) is 0 Å². The second-order valence-electron chi connectivity index (χ2n) is 8.25. The van der Waals surface area contributed by atoms with Gasteiger partial charge < -0.3 is 10.1 Å². The number of ether oxygens (including phenoxy) is 1. The summed E-state index contributed by atoms with van der Waals surface area (Å²) in [5.74, 6) is 2.14. The van der Waals surface area contributed by atoms with Gasteiger partial charge in [0.2, 0.25) is 0 Å². The van der Waals surface area contributed by atoms with Crippen molar-refractivity contribution in [1.29, 1.82) is 0 Å². The van der Waals surface area contributed by atoms with Gasteiger partial charge in [-0.3, -0.25) is 14.9 Å². The first-order chi connectivity index (χ1) is 15.1. The summed E-state index contributed by atoms with van der Waals surface area (Å²) in [6, 6.07) is 14.4. The number of carbonyl (C=O) groups is 1. The van der Waals surface area contributed by atoms with E-state index in [-0.39, 0.29) is 16.4 Å². The molecule has 0 bridgehead atoms. The van der Waals surface area contributed by atoms with Crippen LogP contribution in [0.2, 0.25) is 0 Å². The van der Waals surface area contributed by atoms with Crippen molar-refractivity contribution in [3.63, 3.8) is 0 Å². The third kappa shape index (κ3) is 6.89. The number of carbonyl (C=O) groups excluding carboxylic acids is 1. The molecule has 31 heavy (non-hydrogen) atoms. The molecule has 166 valence electrons. The van der Waals surface area contributed by atoms with E-state index >= 15 is 0 Å². The summed E-state index contributed by atoms with van der Waals surface area (Å²) >= 11 is 0. The lowest BCUT2D eigenvalue weighted by Gasteiger charge is -2.29. The van der Waals surface area contributed by atoms with Gasteiger partial charge in [0.1, 0.15) is 5.75 Å². The van der Waals surface area contributed by atoms with E-state index in [2.05, 4.69) is 5.32 Å². The van der Waals surface area contributed by atoms with E-state index in [9.17, 15) is 14.9 Å². The number of rotatable bonds is 11. The van der Waals surface area contributed by atoms with Gasteiger partial charge in [0.05, 0.1) is 11.5 Å². The maximum absolute atomic E-state index is 12.3. The van der Waals surface area contributed by atoms with Gasteiger partial charge >= 0.3 is 0 Å². The summed E-state index contributed by atoms with van der Waals surface area (Å²) in [6.45, 7) is 4.41. The van der Waals surface area contributed by atoms with Crippen molar-refractivity contribution >= 4 is 11.5 Å². The Morgan fingerprint density at radius 1 is 1.06 bits per heavy atom. The second kappa shape index (κ2) is 11.6. The standard InChI is InChI=1S/C25H32N2O4/c1-2-31-24-15-11-22(12-16-24)25(28)4-3-17-26-18-19-5-7-20(8-6-19)21-9-13-23(14-10-21)27(29)30/h9-16,19-20,26H,2-8,17-18H2,1H3. The number of hydrogen-bond donors (Lipinski definition) is 1. The topological polar surface area (TPSA) is 81.5 Å². The minimum Gasteiger partial charge on any atom is -0.494 e. The molecule has 0 heterocycles. The van der Waals surface area contributed by atoms with Crippen LogP contribution in [0.4, 0.5) is 5.69 Å². The van der Waals surface area contributed by atoms with Gasteiger partial charge in [-0.15, -0.1) is 0 Å². The molecule has 0 radical (unpaired) electrons. The summed E-state index contributed by atoms with van der Waals surface area (Å²) in [6.07, 6.45) is 5.97. The normalized spacial score (nSPS) is 18.5. The van der Waals surface area contributed by atoms with Crippen molar-refractivity contribution in [3.05, 3.63) is 69.8 Å². The molecule has 1 N–H and O–H groups in total. The minimum atomic E-state index is -0.349. The Balaban J connectivity index is 1.30. The van der Waals surface area contributed by atoms with E-state index in [4.69, 9.17) is 4.74 Å². The van der Waals surface area contributed by atoms with Crippen molar-refractivity contribution in [2.75, 3.05) is 19.7 Å². The number of nitro groups is 1. The van der Waals surface area contributed by atoms with Crippen molar-refractivity contribution in [2.45, 2.75) is 51.4 Å². The van der Waals surface area contributed by atoms with Crippen LogP contribution in [0.5, 0.6) is 5.75 Å². The van der Waals surface area contributed by atoms with E-state index in [0.717, 1.165) is 43.7 Å². The Labute approximate surface area is 184 Å². The zero-order chi connectivity index (χ0) is 22.1. The molecule has 1 fully saturated rings. The molecule has 1 aliphatic rings. The van der Waals surface area contributed by atoms with Gasteiger partial charge in [0.25, 0.3) is 5.69 Å². The molecule has 2 aromatic rings. The van der Waals surface area contributed by atoms with Gasteiger partial charge in [-0.05, 0) is 93.8 Å². The van der Waals surface area contributed by atoms with E-state index < -0.39 is 0 Å². The first-order valence-electron chi connectivity index (χ1n) is 11.3. The van der Waals surface area contributed by atoms with Crippen LogP contribution in [-0.2, 0) is 0 Å². The molecule has 3 rings (SSSR count). The van der Waals surface area contributed by atoms with Crippen LogP contribution < -0.4 is 10.1 Å². The molecule has 1 saturated carbocycles. The highest BCUT2D eigenvalue weighted by Crippen LogP contribution is 2.36. The number of hydrogen-bond acceptors (Lipinski definition) is 5. The van der Waals surface area contributed by atoms with Crippen molar-refractivity contribution in [2.24, 2.45) is 5.92 Å². The average molecular weight is 425 g/mol. The van der Waals surface area contributed by atoms with Crippen molar-refractivity contribution in [3.8, 4) is 5.75 Å². The molecule has 1 aliphatic carbocycles. The quantitative estimate of drug-likeness (QED) is 0.222. The van der Waals surface area contributed by atoms with E-state index in [1.54, 1.807) is 12.1 Å². The third-order valence-electron chi connectivity index (χ3n) is 6.10. The van der Waals surface area contributed by atoms with Crippen LogP contribution in [0.1, 0.15) is 67.3 Å². The highest BCUT2D eigenvalue weighted by molar-refractivity contribution is 5.96. The Kier molecular flexibility index (Phi) is 8.59. The van der Waals surface area contributed by atoms with Crippen LogP contribution in [0, 0.1) is 16.0 Å². The molecular weight excluding hydrogens is 392 g/mol. The fourth-order valence-corrected chi connectivity index (χ4v) is 4.30. The third-order valence-corrected chi connectivity index (χ3v) is 6.10. The number of nitrogens with one attached hydrogen (secondary N) is 1.